The Bertz CT molecular complexity index is 1220. The molecular weight excluding hydrogens is 480 g/mol. The van der Waals surface area contributed by atoms with E-state index in [1.807, 2.05) is 23.1 Å². The number of anilines is 1. The summed E-state index contributed by atoms with van der Waals surface area (Å²) < 4.78 is 28.7. The van der Waals surface area contributed by atoms with E-state index in [2.05, 4.69) is 11.0 Å². The first-order valence-corrected chi connectivity index (χ1v) is 13.7. The van der Waals surface area contributed by atoms with Crippen LogP contribution < -0.4 is 4.90 Å². The molecule has 10 heteroatoms. The number of hydrogen-bond donors (Lipinski definition) is 0. The van der Waals surface area contributed by atoms with Crippen molar-refractivity contribution in [3.63, 3.8) is 0 Å². The standard InChI is InChI=1S/C23H25ClN4O3S2/c24-18-7-9-19(10-8-18)33(30,31)28-11-3-4-17(16-28)22(29)26-12-14-27(15-13-26)23-25-20-5-1-2-6-21(20)32-23/h1-2,5-10,17H,3-4,11-16H2. The maximum absolute atomic E-state index is 13.2. The van der Waals surface area contributed by atoms with Crippen LogP contribution in [-0.4, -0.2) is 67.8 Å². The maximum Gasteiger partial charge on any atom is 0.243 e. The number of nitrogens with zero attached hydrogens (tertiary/aromatic N) is 4. The molecule has 0 bridgehead atoms. The number of benzene rings is 2. The predicted octanol–water partition coefficient (Wildman–Crippen LogP) is 3.70. The number of fused-ring (bicyclic) bond motifs is 1. The summed E-state index contributed by atoms with van der Waals surface area (Å²) in [7, 11) is -3.64. The van der Waals surface area contributed by atoms with Crippen LogP contribution in [-0.2, 0) is 14.8 Å². The van der Waals surface area contributed by atoms with Crippen LogP contribution in [0, 0.1) is 5.92 Å². The quantitative estimate of drug-likeness (QED) is 0.541. The van der Waals surface area contributed by atoms with Crippen LogP contribution in [0.1, 0.15) is 12.8 Å². The molecule has 2 saturated heterocycles. The zero-order valence-electron chi connectivity index (χ0n) is 18.1. The molecule has 2 aromatic carbocycles. The minimum atomic E-state index is -3.64. The van der Waals surface area contributed by atoms with Gasteiger partial charge in [-0.2, -0.15) is 4.31 Å². The van der Waals surface area contributed by atoms with Gasteiger partial charge in [-0.3, -0.25) is 4.79 Å². The fourth-order valence-electron chi connectivity index (χ4n) is 4.49. The molecule has 7 nitrogen and oxygen atoms in total. The number of halogens is 1. The first kappa shape index (κ1) is 22.6. The van der Waals surface area contributed by atoms with Gasteiger partial charge in [-0.25, -0.2) is 13.4 Å². The van der Waals surface area contributed by atoms with Gasteiger partial charge in [0, 0.05) is 44.3 Å². The Morgan fingerprint density at radius 3 is 2.45 bits per heavy atom. The smallest absolute Gasteiger partial charge is 0.243 e. The molecule has 0 radical (unpaired) electrons. The van der Waals surface area contributed by atoms with E-state index < -0.39 is 10.0 Å². The molecule has 33 heavy (non-hydrogen) atoms. The van der Waals surface area contributed by atoms with Gasteiger partial charge in [0.15, 0.2) is 5.13 Å². The van der Waals surface area contributed by atoms with Gasteiger partial charge in [-0.15, -0.1) is 0 Å². The first-order chi connectivity index (χ1) is 15.9. The van der Waals surface area contributed by atoms with Gasteiger partial charge in [0.05, 0.1) is 21.0 Å². The summed E-state index contributed by atoms with van der Waals surface area (Å²) in [5, 5.41) is 1.48. The number of carbonyl (C=O) groups is 1. The van der Waals surface area contributed by atoms with Crippen molar-refractivity contribution in [2.45, 2.75) is 17.7 Å². The molecule has 0 saturated carbocycles. The highest BCUT2D eigenvalue weighted by Crippen LogP contribution is 2.30. The van der Waals surface area contributed by atoms with Crippen molar-refractivity contribution in [1.29, 1.82) is 0 Å². The van der Waals surface area contributed by atoms with Crippen molar-refractivity contribution in [2.75, 3.05) is 44.2 Å². The Hall–Kier alpha value is -2.20. The van der Waals surface area contributed by atoms with Crippen LogP contribution in [0.15, 0.2) is 53.4 Å². The molecule has 1 atom stereocenters. The SMILES string of the molecule is O=C(C1CCCN(S(=O)(=O)c2ccc(Cl)cc2)C1)N1CCN(c2nc3ccccc3s2)CC1. The van der Waals surface area contributed by atoms with Crippen molar-refractivity contribution in [1.82, 2.24) is 14.2 Å². The van der Waals surface area contributed by atoms with Crippen molar-refractivity contribution in [3.05, 3.63) is 53.6 Å². The van der Waals surface area contributed by atoms with E-state index in [9.17, 15) is 13.2 Å². The van der Waals surface area contributed by atoms with Crippen molar-refractivity contribution >= 4 is 54.2 Å². The first-order valence-electron chi connectivity index (χ1n) is 11.1. The molecule has 0 spiro atoms. The summed E-state index contributed by atoms with van der Waals surface area (Å²) in [5.41, 5.74) is 1.00. The summed E-state index contributed by atoms with van der Waals surface area (Å²) in [6.45, 7) is 3.35. The molecule has 2 aliphatic heterocycles. The zero-order chi connectivity index (χ0) is 23.0. The van der Waals surface area contributed by atoms with Crippen LogP contribution in [0.2, 0.25) is 5.02 Å². The molecule has 3 heterocycles. The summed E-state index contributed by atoms with van der Waals surface area (Å²) in [5.74, 6) is -0.259. The number of aromatic nitrogens is 1. The van der Waals surface area contributed by atoms with Crippen LogP contribution in [0.4, 0.5) is 5.13 Å². The molecule has 3 aromatic rings. The second-order valence-corrected chi connectivity index (χ2v) is 11.8. The summed E-state index contributed by atoms with van der Waals surface area (Å²) in [6, 6.07) is 14.3. The normalized spacial score (nSPS) is 20.3. The number of sulfonamides is 1. The Kier molecular flexibility index (Phi) is 6.30. The average molecular weight is 505 g/mol. The molecule has 1 aromatic heterocycles. The summed E-state index contributed by atoms with van der Waals surface area (Å²) in [4.78, 5) is 22.3. The number of piperidine rings is 1. The van der Waals surface area contributed by atoms with Crippen molar-refractivity contribution in [2.24, 2.45) is 5.92 Å². The zero-order valence-corrected chi connectivity index (χ0v) is 20.4. The summed E-state index contributed by atoms with van der Waals surface area (Å²) >= 11 is 7.58. The third-order valence-electron chi connectivity index (χ3n) is 6.33. The van der Waals surface area contributed by atoms with Gasteiger partial charge in [-0.1, -0.05) is 35.1 Å². The second kappa shape index (κ2) is 9.21. The third-order valence-corrected chi connectivity index (χ3v) is 9.56. The van der Waals surface area contributed by atoms with E-state index >= 15 is 0 Å². The number of hydrogen-bond acceptors (Lipinski definition) is 6. The van der Waals surface area contributed by atoms with E-state index in [0.29, 0.717) is 37.5 Å². The summed E-state index contributed by atoms with van der Waals surface area (Å²) in [6.07, 6.45) is 1.39. The van der Waals surface area contributed by atoms with Crippen LogP contribution in [0.25, 0.3) is 10.2 Å². The van der Waals surface area contributed by atoms with Gasteiger partial charge in [-0.05, 0) is 49.2 Å². The fraction of sp³-hybridized carbons (Fsp3) is 0.391. The predicted molar refractivity (Wildman–Crippen MR) is 131 cm³/mol. The third kappa shape index (κ3) is 4.59. The highest BCUT2D eigenvalue weighted by molar-refractivity contribution is 7.89. The number of piperazine rings is 1. The lowest BCUT2D eigenvalue weighted by atomic mass is 9.98. The largest absolute Gasteiger partial charge is 0.345 e. The molecule has 174 valence electrons. The molecular formula is C23H25ClN4O3S2. The fourth-order valence-corrected chi connectivity index (χ4v) is 7.16. The molecule has 2 fully saturated rings. The molecule has 2 aliphatic rings. The monoisotopic (exact) mass is 504 g/mol. The molecule has 1 unspecified atom stereocenters. The van der Waals surface area contributed by atoms with Crippen molar-refractivity contribution < 1.29 is 13.2 Å². The number of rotatable bonds is 4. The number of carbonyl (C=O) groups excluding carboxylic acids is 1. The highest BCUT2D eigenvalue weighted by atomic mass is 35.5. The maximum atomic E-state index is 13.2. The minimum absolute atomic E-state index is 0.0509. The van der Waals surface area contributed by atoms with E-state index in [-0.39, 0.29) is 23.3 Å². The second-order valence-electron chi connectivity index (χ2n) is 8.43. The van der Waals surface area contributed by atoms with E-state index in [1.165, 1.54) is 16.4 Å². The van der Waals surface area contributed by atoms with Crippen molar-refractivity contribution in [3.8, 4) is 0 Å². The van der Waals surface area contributed by atoms with E-state index in [1.54, 1.807) is 23.5 Å². The Morgan fingerprint density at radius 1 is 1.00 bits per heavy atom. The Balaban J connectivity index is 1.22. The van der Waals surface area contributed by atoms with Crippen LogP contribution >= 0.6 is 22.9 Å². The van der Waals surface area contributed by atoms with E-state index in [0.717, 1.165) is 28.4 Å². The van der Waals surface area contributed by atoms with E-state index in [4.69, 9.17) is 16.6 Å². The molecule has 5 rings (SSSR count). The van der Waals surface area contributed by atoms with Gasteiger partial charge in [0.2, 0.25) is 15.9 Å². The lowest BCUT2D eigenvalue weighted by molar-refractivity contribution is -0.137. The highest BCUT2D eigenvalue weighted by Gasteiger charge is 2.36. The van der Waals surface area contributed by atoms with Gasteiger partial charge in [0.25, 0.3) is 0 Å². The number of para-hydroxylation sites is 1. The molecule has 1 amide bonds. The number of amides is 1. The minimum Gasteiger partial charge on any atom is -0.345 e. The van der Waals surface area contributed by atoms with Gasteiger partial charge < -0.3 is 9.80 Å². The Morgan fingerprint density at radius 2 is 1.73 bits per heavy atom. The van der Waals surface area contributed by atoms with Crippen LogP contribution in [0.5, 0.6) is 0 Å². The topological polar surface area (TPSA) is 73.8 Å². The van der Waals surface area contributed by atoms with Crippen LogP contribution in [0.3, 0.4) is 0 Å². The van der Waals surface area contributed by atoms with Gasteiger partial charge >= 0.3 is 0 Å². The average Bonchev–Trinajstić information content (AvgIpc) is 3.28. The molecule has 0 N–H and O–H groups in total. The number of thiazole rings is 1. The Labute approximate surface area is 202 Å². The lowest BCUT2D eigenvalue weighted by Crippen LogP contribution is -2.53. The lowest BCUT2D eigenvalue weighted by Gasteiger charge is -2.38. The molecule has 0 aliphatic carbocycles. The van der Waals surface area contributed by atoms with Gasteiger partial charge in [0.1, 0.15) is 0 Å².